The molecule has 0 amide bonds. The molecule has 0 atom stereocenters. The molecule has 0 aliphatic heterocycles. The van der Waals surface area contributed by atoms with Crippen molar-refractivity contribution >= 4 is 11.9 Å². The molecule has 0 spiro atoms. The van der Waals surface area contributed by atoms with Crippen molar-refractivity contribution in [3.05, 3.63) is 0 Å². The topological polar surface area (TPSA) is 64.6 Å². The number of methoxy groups -OCH3 is 1. The van der Waals surface area contributed by atoms with Crippen molar-refractivity contribution in [2.45, 2.75) is 33.6 Å². The van der Waals surface area contributed by atoms with Gasteiger partial charge in [-0.15, -0.1) is 0 Å². The highest BCUT2D eigenvalue weighted by molar-refractivity contribution is 5.76. The summed E-state index contributed by atoms with van der Waals surface area (Å²) < 4.78 is 9.49. The van der Waals surface area contributed by atoms with Crippen LogP contribution >= 0.6 is 0 Å². The Balaban J connectivity index is 3.64. The maximum atomic E-state index is 11.4. The largest absolute Gasteiger partial charge is 0.469 e. The predicted octanol–water partition coefficient (Wildman–Crippen LogP) is 1.12. The first-order valence-electron chi connectivity index (χ1n) is 5.88. The fourth-order valence-corrected chi connectivity index (χ4v) is 1.34. The van der Waals surface area contributed by atoms with E-state index in [0.29, 0.717) is 32.5 Å². The van der Waals surface area contributed by atoms with Gasteiger partial charge in [-0.05, 0) is 33.7 Å². The number of ether oxygens (including phenoxy) is 2. The second-order valence-electron chi connectivity index (χ2n) is 4.46. The summed E-state index contributed by atoms with van der Waals surface area (Å²) >= 11 is 0. The van der Waals surface area contributed by atoms with Crippen LogP contribution in [0.1, 0.15) is 33.6 Å². The molecule has 0 radical (unpaired) electrons. The number of nitrogens with one attached hydrogen (secondary N) is 1. The van der Waals surface area contributed by atoms with Gasteiger partial charge in [0.2, 0.25) is 0 Å². The second-order valence-corrected chi connectivity index (χ2v) is 4.46. The highest BCUT2D eigenvalue weighted by Crippen LogP contribution is 2.15. The molecule has 0 heterocycles. The van der Waals surface area contributed by atoms with Gasteiger partial charge >= 0.3 is 11.9 Å². The van der Waals surface area contributed by atoms with Crippen molar-refractivity contribution in [3.63, 3.8) is 0 Å². The summed E-state index contributed by atoms with van der Waals surface area (Å²) in [6.45, 7) is 7.05. The Bertz CT molecular complexity index is 251. The van der Waals surface area contributed by atoms with E-state index in [4.69, 9.17) is 4.74 Å². The summed E-state index contributed by atoms with van der Waals surface area (Å²) in [6.07, 6.45) is 1.11. The van der Waals surface area contributed by atoms with E-state index in [2.05, 4.69) is 10.1 Å². The van der Waals surface area contributed by atoms with E-state index < -0.39 is 5.41 Å². The molecule has 0 aliphatic carbocycles. The van der Waals surface area contributed by atoms with Crippen molar-refractivity contribution in [2.24, 2.45) is 5.41 Å². The molecule has 0 saturated heterocycles. The van der Waals surface area contributed by atoms with Gasteiger partial charge < -0.3 is 14.8 Å². The van der Waals surface area contributed by atoms with Gasteiger partial charge in [0.15, 0.2) is 0 Å². The molecule has 100 valence electrons. The summed E-state index contributed by atoms with van der Waals surface area (Å²) in [5, 5.41) is 3.13. The van der Waals surface area contributed by atoms with Crippen molar-refractivity contribution in [1.29, 1.82) is 0 Å². The molecule has 0 bridgehead atoms. The van der Waals surface area contributed by atoms with E-state index in [-0.39, 0.29) is 11.9 Å². The minimum absolute atomic E-state index is 0.179. The summed E-state index contributed by atoms with van der Waals surface area (Å²) in [4.78, 5) is 22.4. The number of hydrogen-bond acceptors (Lipinski definition) is 5. The Morgan fingerprint density at radius 1 is 1.29 bits per heavy atom. The molecule has 0 aliphatic rings. The third kappa shape index (κ3) is 6.94. The Hall–Kier alpha value is -1.10. The third-order valence-electron chi connectivity index (χ3n) is 2.34. The lowest BCUT2D eigenvalue weighted by atomic mass is 9.94. The van der Waals surface area contributed by atoms with Gasteiger partial charge in [0.1, 0.15) is 0 Å². The Morgan fingerprint density at radius 2 is 1.94 bits per heavy atom. The summed E-state index contributed by atoms with van der Waals surface area (Å²) in [5.74, 6) is -0.420. The molecule has 5 nitrogen and oxygen atoms in total. The van der Waals surface area contributed by atoms with Crippen molar-refractivity contribution < 1.29 is 19.1 Å². The van der Waals surface area contributed by atoms with Crippen LogP contribution in [0.25, 0.3) is 0 Å². The second kappa shape index (κ2) is 8.06. The SMILES string of the molecule is CCOC(=O)CCCNCC(C)(C)C(=O)OC. The zero-order valence-electron chi connectivity index (χ0n) is 11.2. The van der Waals surface area contributed by atoms with Crippen molar-refractivity contribution in [1.82, 2.24) is 5.32 Å². The van der Waals surface area contributed by atoms with Gasteiger partial charge in [-0.2, -0.15) is 0 Å². The summed E-state index contributed by atoms with van der Waals surface area (Å²) in [6, 6.07) is 0. The smallest absolute Gasteiger partial charge is 0.312 e. The first-order valence-corrected chi connectivity index (χ1v) is 5.88. The fraction of sp³-hybridized carbons (Fsp3) is 0.833. The van der Waals surface area contributed by atoms with Crippen LogP contribution in [-0.2, 0) is 19.1 Å². The zero-order chi connectivity index (χ0) is 13.3. The molecule has 0 rings (SSSR count). The van der Waals surface area contributed by atoms with Crippen molar-refractivity contribution in [3.8, 4) is 0 Å². The Labute approximate surface area is 103 Å². The lowest BCUT2D eigenvalue weighted by molar-refractivity contribution is -0.150. The van der Waals surface area contributed by atoms with Crippen LogP contribution < -0.4 is 5.32 Å². The van der Waals surface area contributed by atoms with E-state index in [9.17, 15) is 9.59 Å². The maximum Gasteiger partial charge on any atom is 0.312 e. The van der Waals surface area contributed by atoms with E-state index in [0.717, 1.165) is 0 Å². The van der Waals surface area contributed by atoms with E-state index >= 15 is 0 Å². The molecule has 1 N–H and O–H groups in total. The first kappa shape index (κ1) is 15.9. The van der Waals surface area contributed by atoms with Crippen LogP contribution in [-0.4, -0.2) is 38.7 Å². The number of carbonyl (C=O) groups excluding carboxylic acids is 2. The normalized spacial score (nSPS) is 11.1. The van der Waals surface area contributed by atoms with E-state index in [1.54, 1.807) is 6.92 Å². The minimum atomic E-state index is -0.543. The lowest BCUT2D eigenvalue weighted by Gasteiger charge is -2.21. The first-order chi connectivity index (χ1) is 7.94. The van der Waals surface area contributed by atoms with Crippen LogP contribution in [0.15, 0.2) is 0 Å². The van der Waals surface area contributed by atoms with Crippen LogP contribution in [0.4, 0.5) is 0 Å². The lowest BCUT2D eigenvalue weighted by Crippen LogP contribution is -2.37. The van der Waals surface area contributed by atoms with Gasteiger partial charge in [0.05, 0.1) is 19.1 Å². The molecule has 5 heteroatoms. The molecular weight excluding hydrogens is 222 g/mol. The Morgan fingerprint density at radius 3 is 2.47 bits per heavy atom. The molecular formula is C12H23NO4. The number of rotatable bonds is 8. The summed E-state index contributed by atoms with van der Waals surface area (Å²) in [5.41, 5.74) is -0.543. The van der Waals surface area contributed by atoms with Gasteiger partial charge in [0.25, 0.3) is 0 Å². The van der Waals surface area contributed by atoms with Gasteiger partial charge in [-0.1, -0.05) is 0 Å². The monoisotopic (exact) mass is 245 g/mol. The quantitative estimate of drug-likeness (QED) is 0.513. The maximum absolute atomic E-state index is 11.4. The Kier molecular flexibility index (Phi) is 7.54. The van der Waals surface area contributed by atoms with Crippen LogP contribution in [0.5, 0.6) is 0 Å². The van der Waals surface area contributed by atoms with Crippen molar-refractivity contribution in [2.75, 3.05) is 26.8 Å². The van der Waals surface area contributed by atoms with E-state index in [1.807, 2.05) is 13.8 Å². The highest BCUT2D eigenvalue weighted by atomic mass is 16.5. The zero-order valence-corrected chi connectivity index (χ0v) is 11.2. The minimum Gasteiger partial charge on any atom is -0.469 e. The fourth-order valence-electron chi connectivity index (χ4n) is 1.34. The van der Waals surface area contributed by atoms with Gasteiger partial charge in [-0.3, -0.25) is 9.59 Å². The highest BCUT2D eigenvalue weighted by Gasteiger charge is 2.27. The number of carbonyl (C=O) groups is 2. The van der Waals surface area contributed by atoms with E-state index in [1.165, 1.54) is 7.11 Å². The molecule has 0 aromatic carbocycles. The number of esters is 2. The van der Waals surface area contributed by atoms with Gasteiger partial charge in [0, 0.05) is 13.0 Å². The van der Waals surface area contributed by atoms with Crippen LogP contribution in [0, 0.1) is 5.41 Å². The molecule has 0 fully saturated rings. The standard InChI is InChI=1S/C12H23NO4/c1-5-17-10(14)7-6-8-13-9-12(2,3)11(15)16-4/h13H,5-9H2,1-4H3. The average molecular weight is 245 g/mol. The van der Waals surface area contributed by atoms with Crippen LogP contribution in [0.2, 0.25) is 0 Å². The summed E-state index contributed by atoms with van der Waals surface area (Å²) in [7, 11) is 1.38. The third-order valence-corrected chi connectivity index (χ3v) is 2.34. The predicted molar refractivity (Wildman–Crippen MR) is 64.5 cm³/mol. The van der Waals surface area contributed by atoms with Crippen LogP contribution in [0.3, 0.4) is 0 Å². The molecule has 17 heavy (non-hydrogen) atoms. The number of hydrogen-bond donors (Lipinski definition) is 1. The molecule has 0 aromatic heterocycles. The molecule has 0 unspecified atom stereocenters. The molecule has 0 aromatic rings. The van der Waals surface area contributed by atoms with Gasteiger partial charge in [-0.25, -0.2) is 0 Å². The molecule has 0 saturated carbocycles. The average Bonchev–Trinajstić information content (AvgIpc) is 2.27.